The van der Waals surface area contributed by atoms with Gasteiger partial charge in [0.05, 0.1) is 12.7 Å². The molecule has 1 aromatic heterocycles. The number of fused-ring (bicyclic) bond motifs is 2. The normalized spacial score (nSPS) is 26.8. The summed E-state index contributed by atoms with van der Waals surface area (Å²) < 4.78 is 1.65. The molecular weight excluding hydrogens is 314 g/mol. The van der Waals surface area contributed by atoms with Gasteiger partial charge in [0.2, 0.25) is 5.91 Å². The van der Waals surface area contributed by atoms with Crippen LogP contribution in [0.1, 0.15) is 42.9 Å². The maximum Gasteiger partial charge on any atom is 0.224 e. The molecule has 25 heavy (non-hydrogen) atoms. The molecule has 1 saturated carbocycles. The van der Waals surface area contributed by atoms with Crippen molar-refractivity contribution in [3.8, 4) is 0 Å². The van der Waals surface area contributed by atoms with E-state index in [2.05, 4.69) is 34.7 Å². The molecule has 0 saturated heterocycles. The molecule has 1 fully saturated rings. The Morgan fingerprint density at radius 2 is 2.28 bits per heavy atom. The van der Waals surface area contributed by atoms with Crippen LogP contribution in [0.4, 0.5) is 0 Å². The van der Waals surface area contributed by atoms with Crippen LogP contribution in [0.5, 0.6) is 0 Å². The third-order valence-electron chi connectivity index (χ3n) is 5.95. The number of benzene rings is 1. The van der Waals surface area contributed by atoms with E-state index in [-0.39, 0.29) is 23.8 Å². The van der Waals surface area contributed by atoms with Crippen LogP contribution in [0.3, 0.4) is 0 Å². The number of nitrogens with one attached hydrogen (secondary N) is 1. The quantitative estimate of drug-likeness (QED) is 0.896. The van der Waals surface area contributed by atoms with Crippen LogP contribution in [0.25, 0.3) is 0 Å². The highest BCUT2D eigenvalue weighted by Crippen LogP contribution is 2.60. The average molecular weight is 339 g/mol. The maximum absolute atomic E-state index is 12.7. The second kappa shape index (κ2) is 5.70. The molecule has 3 atom stereocenters. The highest BCUT2D eigenvalue weighted by molar-refractivity contribution is 5.84. The standard InChI is InChI=1S/C20H25N3O2/c1-19(25,15-11-22-23(2)12-15)13-21-18(24)17-10-20(17)9-5-7-14-6-3-4-8-16(14)20/h3-4,6,8,11-12,17,25H,5,7,9-10,13H2,1-2H3,(H,21,24). The zero-order chi connectivity index (χ0) is 17.7. The number of aliphatic hydroxyl groups is 1. The predicted octanol–water partition coefficient (Wildman–Crippen LogP) is 2.04. The van der Waals surface area contributed by atoms with Gasteiger partial charge in [-0.05, 0) is 43.7 Å². The fourth-order valence-electron chi connectivity index (χ4n) is 4.36. The van der Waals surface area contributed by atoms with E-state index in [0.717, 1.165) is 25.7 Å². The molecule has 1 spiro atoms. The molecule has 132 valence electrons. The summed E-state index contributed by atoms with van der Waals surface area (Å²) in [6.45, 7) is 1.91. The number of aryl methyl sites for hydroxylation is 2. The molecule has 0 aliphatic heterocycles. The van der Waals surface area contributed by atoms with Crippen LogP contribution in [0, 0.1) is 5.92 Å². The van der Waals surface area contributed by atoms with Gasteiger partial charge in [0, 0.05) is 30.1 Å². The molecule has 2 N–H and O–H groups in total. The molecule has 3 unspecified atom stereocenters. The van der Waals surface area contributed by atoms with Crippen molar-refractivity contribution < 1.29 is 9.90 Å². The van der Waals surface area contributed by atoms with Gasteiger partial charge < -0.3 is 10.4 Å². The van der Waals surface area contributed by atoms with Crippen molar-refractivity contribution in [3.05, 3.63) is 53.3 Å². The van der Waals surface area contributed by atoms with E-state index in [4.69, 9.17) is 0 Å². The fourth-order valence-corrected chi connectivity index (χ4v) is 4.36. The lowest BCUT2D eigenvalue weighted by Crippen LogP contribution is -2.40. The molecule has 0 bridgehead atoms. The van der Waals surface area contributed by atoms with Crippen molar-refractivity contribution in [2.24, 2.45) is 13.0 Å². The van der Waals surface area contributed by atoms with E-state index in [1.54, 1.807) is 24.0 Å². The fraction of sp³-hybridized carbons (Fsp3) is 0.500. The second-order valence-electron chi connectivity index (χ2n) is 7.82. The average Bonchev–Trinajstić information content (AvgIpc) is 3.13. The second-order valence-corrected chi connectivity index (χ2v) is 7.82. The molecule has 1 heterocycles. The summed E-state index contributed by atoms with van der Waals surface area (Å²) in [5, 5.41) is 17.7. The van der Waals surface area contributed by atoms with Gasteiger partial charge in [-0.1, -0.05) is 24.3 Å². The molecule has 1 aromatic carbocycles. The molecule has 2 aromatic rings. The van der Waals surface area contributed by atoms with E-state index in [9.17, 15) is 9.90 Å². The monoisotopic (exact) mass is 339 g/mol. The minimum Gasteiger partial charge on any atom is -0.383 e. The smallest absolute Gasteiger partial charge is 0.224 e. The zero-order valence-electron chi connectivity index (χ0n) is 14.8. The summed E-state index contributed by atoms with van der Waals surface area (Å²) >= 11 is 0. The lowest BCUT2D eigenvalue weighted by molar-refractivity contribution is -0.124. The summed E-state index contributed by atoms with van der Waals surface area (Å²) in [6.07, 6.45) is 7.69. The summed E-state index contributed by atoms with van der Waals surface area (Å²) in [5.74, 6) is 0.0829. The van der Waals surface area contributed by atoms with E-state index >= 15 is 0 Å². The van der Waals surface area contributed by atoms with E-state index in [1.807, 2.05) is 7.05 Å². The van der Waals surface area contributed by atoms with Crippen molar-refractivity contribution in [3.63, 3.8) is 0 Å². The van der Waals surface area contributed by atoms with E-state index in [1.165, 1.54) is 11.1 Å². The Labute approximate surface area is 148 Å². The highest BCUT2D eigenvalue weighted by Gasteiger charge is 2.60. The molecule has 1 amide bonds. The summed E-state index contributed by atoms with van der Waals surface area (Å²) in [6, 6.07) is 8.54. The largest absolute Gasteiger partial charge is 0.383 e. The number of amides is 1. The van der Waals surface area contributed by atoms with Gasteiger partial charge >= 0.3 is 0 Å². The van der Waals surface area contributed by atoms with Crippen molar-refractivity contribution >= 4 is 5.91 Å². The first-order chi connectivity index (χ1) is 11.9. The molecule has 5 nitrogen and oxygen atoms in total. The number of carbonyl (C=O) groups excluding carboxylic acids is 1. The van der Waals surface area contributed by atoms with Crippen LogP contribution in [0.2, 0.25) is 0 Å². The molecular formula is C20H25N3O2. The Kier molecular flexibility index (Phi) is 3.72. The minimum atomic E-state index is -1.11. The number of hydrogen-bond donors (Lipinski definition) is 2. The van der Waals surface area contributed by atoms with E-state index in [0.29, 0.717) is 5.56 Å². The first-order valence-electron chi connectivity index (χ1n) is 9.00. The first-order valence-corrected chi connectivity index (χ1v) is 9.00. The first kappa shape index (κ1) is 16.3. The van der Waals surface area contributed by atoms with Crippen LogP contribution in [0.15, 0.2) is 36.7 Å². The third kappa shape index (κ3) is 2.76. The van der Waals surface area contributed by atoms with Crippen LogP contribution in [-0.4, -0.2) is 27.3 Å². The van der Waals surface area contributed by atoms with Gasteiger partial charge in [-0.3, -0.25) is 9.48 Å². The summed E-state index contributed by atoms with van der Waals surface area (Å²) in [4.78, 5) is 12.7. The van der Waals surface area contributed by atoms with Gasteiger partial charge in [-0.25, -0.2) is 0 Å². The number of rotatable bonds is 4. The van der Waals surface area contributed by atoms with Gasteiger partial charge in [-0.15, -0.1) is 0 Å². The van der Waals surface area contributed by atoms with Crippen molar-refractivity contribution in [1.29, 1.82) is 0 Å². The summed E-state index contributed by atoms with van der Waals surface area (Å²) in [7, 11) is 1.81. The number of carbonyl (C=O) groups is 1. The molecule has 2 aliphatic carbocycles. The Morgan fingerprint density at radius 1 is 1.48 bits per heavy atom. The van der Waals surface area contributed by atoms with Crippen molar-refractivity contribution in [2.45, 2.75) is 43.6 Å². The summed E-state index contributed by atoms with van der Waals surface area (Å²) in [5.41, 5.74) is 2.38. The van der Waals surface area contributed by atoms with Crippen molar-refractivity contribution in [1.82, 2.24) is 15.1 Å². The van der Waals surface area contributed by atoms with Gasteiger partial charge in [-0.2, -0.15) is 5.10 Å². The molecule has 5 heteroatoms. The van der Waals surface area contributed by atoms with Crippen LogP contribution in [-0.2, 0) is 29.3 Å². The Balaban J connectivity index is 1.44. The molecule has 4 rings (SSSR count). The number of aromatic nitrogens is 2. The van der Waals surface area contributed by atoms with E-state index < -0.39 is 5.60 Å². The molecule has 0 radical (unpaired) electrons. The van der Waals surface area contributed by atoms with Gasteiger partial charge in [0.15, 0.2) is 0 Å². The lowest BCUT2D eigenvalue weighted by atomic mass is 9.78. The molecule has 2 aliphatic rings. The number of nitrogens with zero attached hydrogens (tertiary/aromatic N) is 2. The van der Waals surface area contributed by atoms with Crippen LogP contribution < -0.4 is 5.32 Å². The predicted molar refractivity (Wildman–Crippen MR) is 95.0 cm³/mol. The topological polar surface area (TPSA) is 67.2 Å². The Morgan fingerprint density at radius 3 is 3.04 bits per heavy atom. The zero-order valence-corrected chi connectivity index (χ0v) is 14.8. The minimum absolute atomic E-state index is 0.0265. The van der Waals surface area contributed by atoms with Crippen LogP contribution >= 0.6 is 0 Å². The van der Waals surface area contributed by atoms with Gasteiger partial charge in [0.25, 0.3) is 0 Å². The maximum atomic E-state index is 12.7. The third-order valence-corrected chi connectivity index (χ3v) is 5.95. The lowest BCUT2D eigenvalue weighted by Gasteiger charge is -2.27. The van der Waals surface area contributed by atoms with Crippen molar-refractivity contribution in [2.75, 3.05) is 6.54 Å². The highest BCUT2D eigenvalue weighted by atomic mass is 16.3. The Bertz CT molecular complexity index is 811. The Hall–Kier alpha value is -2.14. The number of hydrogen-bond acceptors (Lipinski definition) is 3. The van der Waals surface area contributed by atoms with Gasteiger partial charge in [0.1, 0.15) is 5.60 Å². The SMILES string of the molecule is Cn1cc(C(C)(O)CNC(=O)C2CC23CCCc2ccccc23)cn1.